The molecule has 1 aromatic rings. The van der Waals surface area contributed by atoms with Crippen LogP contribution in [0.15, 0.2) is 18.2 Å². The molecule has 2 rings (SSSR count). The molecule has 3 N–H and O–H groups in total. The van der Waals surface area contributed by atoms with Crippen molar-refractivity contribution in [1.82, 2.24) is 10.6 Å². The molecule has 0 spiro atoms. The number of piperidine rings is 1. The number of rotatable bonds is 5. The molecule has 1 saturated heterocycles. The first kappa shape index (κ1) is 16.3. The lowest BCUT2D eigenvalue weighted by atomic mass is 9.74. The van der Waals surface area contributed by atoms with Gasteiger partial charge in [0.25, 0.3) is 0 Å². The smallest absolute Gasteiger partial charge is 0.118 e. The second-order valence-electron chi connectivity index (χ2n) is 6.78. The number of hydrogen-bond donors (Lipinski definition) is 3. The van der Waals surface area contributed by atoms with Crippen LogP contribution in [-0.2, 0) is 0 Å². The highest BCUT2D eigenvalue weighted by molar-refractivity contribution is 5.40. The van der Waals surface area contributed by atoms with Crippen LogP contribution >= 0.6 is 0 Å². The number of aromatic hydroxyl groups is 1. The van der Waals surface area contributed by atoms with E-state index in [0.717, 1.165) is 25.1 Å². The van der Waals surface area contributed by atoms with Gasteiger partial charge in [-0.25, -0.2) is 0 Å². The standard InChI is InChI=1S/C18H30N2O/c1-12(2)10-17(19-4)16-11-20-9-8-15(16)14-6-5-7-18(21)13(14)3/h5-7,12,15-17,19-21H,8-11H2,1-4H3/t15-,16+,17?/m0/s1. The Bertz CT molecular complexity index is 459. The average molecular weight is 290 g/mol. The minimum absolute atomic E-state index is 0.426. The van der Waals surface area contributed by atoms with E-state index in [2.05, 4.69) is 37.6 Å². The largest absolute Gasteiger partial charge is 0.508 e. The third kappa shape index (κ3) is 3.78. The van der Waals surface area contributed by atoms with Crippen LogP contribution in [0.5, 0.6) is 5.75 Å². The monoisotopic (exact) mass is 290 g/mol. The molecular weight excluding hydrogens is 260 g/mol. The maximum absolute atomic E-state index is 10.0. The summed E-state index contributed by atoms with van der Waals surface area (Å²) in [7, 11) is 2.08. The summed E-state index contributed by atoms with van der Waals surface area (Å²) in [6.07, 6.45) is 2.34. The zero-order chi connectivity index (χ0) is 15.4. The minimum Gasteiger partial charge on any atom is -0.508 e. The van der Waals surface area contributed by atoms with Crippen LogP contribution in [0, 0.1) is 18.8 Å². The zero-order valence-electron chi connectivity index (χ0n) is 13.8. The fourth-order valence-corrected chi connectivity index (χ4v) is 3.75. The Hall–Kier alpha value is -1.06. The van der Waals surface area contributed by atoms with Crippen molar-refractivity contribution in [2.24, 2.45) is 11.8 Å². The summed E-state index contributed by atoms with van der Waals surface area (Å²) in [4.78, 5) is 0. The van der Waals surface area contributed by atoms with Crippen molar-refractivity contribution < 1.29 is 5.11 Å². The molecule has 1 unspecified atom stereocenters. The van der Waals surface area contributed by atoms with Gasteiger partial charge in [-0.2, -0.15) is 0 Å². The van der Waals surface area contributed by atoms with Crippen molar-refractivity contribution in [3.05, 3.63) is 29.3 Å². The third-order valence-electron chi connectivity index (χ3n) is 4.89. The molecule has 0 aromatic heterocycles. The summed E-state index contributed by atoms with van der Waals surface area (Å²) in [6.45, 7) is 8.73. The van der Waals surface area contributed by atoms with Gasteiger partial charge in [0.05, 0.1) is 0 Å². The van der Waals surface area contributed by atoms with Gasteiger partial charge in [-0.15, -0.1) is 0 Å². The Balaban J connectivity index is 2.28. The molecule has 21 heavy (non-hydrogen) atoms. The zero-order valence-corrected chi connectivity index (χ0v) is 13.8. The molecule has 1 fully saturated rings. The lowest BCUT2D eigenvalue weighted by molar-refractivity contribution is 0.232. The molecule has 0 radical (unpaired) electrons. The average Bonchev–Trinajstić information content (AvgIpc) is 2.47. The Labute approximate surface area is 129 Å². The van der Waals surface area contributed by atoms with Crippen molar-refractivity contribution in [2.45, 2.75) is 45.6 Å². The van der Waals surface area contributed by atoms with Gasteiger partial charge in [-0.3, -0.25) is 0 Å². The van der Waals surface area contributed by atoms with E-state index in [1.807, 2.05) is 13.0 Å². The molecule has 1 aromatic carbocycles. The lowest BCUT2D eigenvalue weighted by Gasteiger charge is -2.39. The highest BCUT2D eigenvalue weighted by Gasteiger charge is 2.33. The molecule has 0 bridgehead atoms. The van der Waals surface area contributed by atoms with Crippen molar-refractivity contribution in [3.63, 3.8) is 0 Å². The quantitative estimate of drug-likeness (QED) is 0.781. The predicted octanol–water partition coefficient (Wildman–Crippen LogP) is 3.03. The van der Waals surface area contributed by atoms with Crippen LogP contribution in [0.1, 0.15) is 43.7 Å². The summed E-state index contributed by atoms with van der Waals surface area (Å²) in [5.74, 6) is 2.21. The van der Waals surface area contributed by atoms with Crippen molar-refractivity contribution >= 4 is 0 Å². The molecule has 0 amide bonds. The maximum Gasteiger partial charge on any atom is 0.118 e. The normalized spacial score (nSPS) is 24.2. The third-order valence-corrected chi connectivity index (χ3v) is 4.89. The first-order chi connectivity index (χ1) is 10.0. The Morgan fingerprint density at radius 3 is 2.81 bits per heavy atom. The van der Waals surface area contributed by atoms with Crippen molar-refractivity contribution in [2.75, 3.05) is 20.1 Å². The second-order valence-corrected chi connectivity index (χ2v) is 6.78. The van der Waals surface area contributed by atoms with E-state index in [1.54, 1.807) is 6.07 Å². The highest BCUT2D eigenvalue weighted by atomic mass is 16.3. The lowest BCUT2D eigenvalue weighted by Crippen LogP contribution is -2.47. The van der Waals surface area contributed by atoms with Crippen LogP contribution in [0.4, 0.5) is 0 Å². The molecule has 1 aliphatic rings. The Morgan fingerprint density at radius 2 is 2.14 bits per heavy atom. The Morgan fingerprint density at radius 1 is 1.38 bits per heavy atom. The van der Waals surface area contributed by atoms with Gasteiger partial charge in [-0.05, 0) is 68.3 Å². The van der Waals surface area contributed by atoms with Gasteiger partial charge in [0.15, 0.2) is 0 Å². The summed E-state index contributed by atoms with van der Waals surface area (Å²) >= 11 is 0. The summed E-state index contributed by atoms with van der Waals surface area (Å²) in [5, 5.41) is 17.1. The summed E-state index contributed by atoms with van der Waals surface area (Å²) < 4.78 is 0. The molecule has 3 heteroatoms. The van der Waals surface area contributed by atoms with Gasteiger partial charge in [0.1, 0.15) is 5.75 Å². The number of nitrogens with one attached hydrogen (secondary N) is 2. The minimum atomic E-state index is 0.426. The van der Waals surface area contributed by atoms with Crippen molar-refractivity contribution in [1.29, 1.82) is 0 Å². The van der Waals surface area contributed by atoms with Crippen LogP contribution in [-0.4, -0.2) is 31.3 Å². The molecule has 1 heterocycles. The van der Waals surface area contributed by atoms with Crippen molar-refractivity contribution in [3.8, 4) is 5.75 Å². The van der Waals surface area contributed by atoms with Gasteiger partial charge >= 0.3 is 0 Å². The van der Waals surface area contributed by atoms with E-state index in [-0.39, 0.29) is 0 Å². The van der Waals surface area contributed by atoms with Crippen LogP contribution < -0.4 is 10.6 Å². The first-order valence-corrected chi connectivity index (χ1v) is 8.21. The first-order valence-electron chi connectivity index (χ1n) is 8.21. The van der Waals surface area contributed by atoms with Gasteiger partial charge in [0, 0.05) is 12.6 Å². The van der Waals surface area contributed by atoms with Crippen LogP contribution in [0.2, 0.25) is 0 Å². The summed E-state index contributed by atoms with van der Waals surface area (Å²) in [5.41, 5.74) is 2.37. The van der Waals surface area contributed by atoms with Gasteiger partial charge in [0.2, 0.25) is 0 Å². The molecule has 3 atom stereocenters. The van der Waals surface area contributed by atoms with E-state index in [1.165, 1.54) is 12.0 Å². The molecular formula is C18H30N2O. The number of hydrogen-bond acceptors (Lipinski definition) is 3. The van der Waals surface area contributed by atoms with E-state index in [9.17, 15) is 5.11 Å². The van der Waals surface area contributed by atoms with E-state index >= 15 is 0 Å². The topological polar surface area (TPSA) is 44.3 Å². The van der Waals surface area contributed by atoms with Gasteiger partial charge in [-0.1, -0.05) is 26.0 Å². The highest BCUT2D eigenvalue weighted by Crippen LogP contribution is 2.37. The second kappa shape index (κ2) is 7.28. The molecule has 0 saturated carbocycles. The van der Waals surface area contributed by atoms with Crippen LogP contribution in [0.25, 0.3) is 0 Å². The number of phenolic OH excluding ortho intramolecular Hbond substituents is 1. The molecule has 1 aliphatic heterocycles. The van der Waals surface area contributed by atoms with Crippen LogP contribution in [0.3, 0.4) is 0 Å². The maximum atomic E-state index is 10.0. The Kier molecular flexibility index (Phi) is 5.65. The summed E-state index contributed by atoms with van der Waals surface area (Å²) in [6, 6.07) is 6.48. The number of benzene rings is 1. The number of phenols is 1. The SMILES string of the molecule is CNC(CC(C)C)[C@@H]1CNCC[C@H]1c1cccc(O)c1C. The molecule has 0 aliphatic carbocycles. The van der Waals surface area contributed by atoms with E-state index < -0.39 is 0 Å². The molecule has 118 valence electrons. The van der Waals surface area contributed by atoms with E-state index in [4.69, 9.17) is 0 Å². The molecule has 3 nitrogen and oxygen atoms in total. The fraction of sp³-hybridized carbons (Fsp3) is 0.667. The van der Waals surface area contributed by atoms with Gasteiger partial charge < -0.3 is 15.7 Å². The fourth-order valence-electron chi connectivity index (χ4n) is 3.75. The van der Waals surface area contributed by atoms with E-state index in [0.29, 0.717) is 29.5 Å². The predicted molar refractivity (Wildman–Crippen MR) is 88.9 cm³/mol.